The Kier molecular flexibility index (Phi) is 4.76. The molecule has 2 aromatic heterocycles. The molecule has 0 atom stereocenters. The van der Waals surface area contributed by atoms with Crippen LogP contribution in [0.4, 0.5) is 5.69 Å². The summed E-state index contributed by atoms with van der Waals surface area (Å²) in [6.45, 7) is 6.15. The van der Waals surface area contributed by atoms with E-state index in [2.05, 4.69) is 36.2 Å². The topological polar surface area (TPSA) is 69.0 Å². The van der Waals surface area contributed by atoms with Crippen molar-refractivity contribution in [3.8, 4) is 11.5 Å². The van der Waals surface area contributed by atoms with E-state index in [9.17, 15) is 4.79 Å². The minimum atomic E-state index is -0.219. The predicted octanol–water partition coefficient (Wildman–Crippen LogP) is 5.23. The van der Waals surface area contributed by atoms with Crippen LogP contribution in [-0.2, 0) is 5.54 Å². The minimum absolute atomic E-state index is 0.149. The Labute approximate surface area is 169 Å². The van der Waals surface area contributed by atoms with E-state index in [1.807, 2.05) is 47.3 Å². The quantitative estimate of drug-likeness (QED) is 0.521. The summed E-state index contributed by atoms with van der Waals surface area (Å²) in [5.41, 5.74) is 1.86. The molecule has 146 valence electrons. The van der Waals surface area contributed by atoms with E-state index in [1.165, 1.54) is 0 Å². The number of para-hydroxylation sites is 1. The fourth-order valence-electron chi connectivity index (χ4n) is 2.94. The van der Waals surface area contributed by atoms with Gasteiger partial charge in [-0.2, -0.15) is 5.10 Å². The lowest BCUT2D eigenvalue weighted by molar-refractivity contribution is 0.102. The van der Waals surface area contributed by atoms with Crippen LogP contribution >= 0.6 is 0 Å². The van der Waals surface area contributed by atoms with Crippen molar-refractivity contribution in [3.63, 3.8) is 0 Å². The van der Waals surface area contributed by atoms with E-state index in [0.29, 0.717) is 22.7 Å². The van der Waals surface area contributed by atoms with Crippen LogP contribution in [0.15, 0.2) is 73.2 Å². The Morgan fingerprint density at radius 1 is 1.07 bits per heavy atom. The second-order valence-electron chi connectivity index (χ2n) is 7.75. The van der Waals surface area contributed by atoms with Gasteiger partial charge in [0.1, 0.15) is 11.5 Å². The van der Waals surface area contributed by atoms with Gasteiger partial charge < -0.3 is 10.1 Å². The molecular formula is C23H22N4O2. The molecule has 0 saturated heterocycles. The van der Waals surface area contributed by atoms with E-state index >= 15 is 0 Å². The van der Waals surface area contributed by atoms with E-state index in [1.54, 1.807) is 30.6 Å². The monoisotopic (exact) mass is 386 g/mol. The van der Waals surface area contributed by atoms with Gasteiger partial charge in [0.15, 0.2) is 0 Å². The molecule has 4 aromatic rings. The van der Waals surface area contributed by atoms with Gasteiger partial charge in [-0.15, -0.1) is 0 Å². The number of anilines is 1. The van der Waals surface area contributed by atoms with Gasteiger partial charge in [-0.25, -0.2) is 0 Å². The first-order valence-electron chi connectivity index (χ1n) is 9.38. The van der Waals surface area contributed by atoms with Gasteiger partial charge in [0.25, 0.3) is 5.91 Å². The molecule has 0 unspecified atom stereocenters. The first-order chi connectivity index (χ1) is 13.9. The van der Waals surface area contributed by atoms with Crippen molar-refractivity contribution in [3.05, 3.63) is 78.8 Å². The van der Waals surface area contributed by atoms with Crippen molar-refractivity contribution in [1.82, 2.24) is 14.8 Å². The van der Waals surface area contributed by atoms with Crippen LogP contribution in [-0.4, -0.2) is 20.7 Å². The number of pyridine rings is 1. The summed E-state index contributed by atoms with van der Waals surface area (Å²) in [5, 5.41) is 8.11. The van der Waals surface area contributed by atoms with Crippen LogP contribution < -0.4 is 10.1 Å². The maximum Gasteiger partial charge on any atom is 0.255 e. The van der Waals surface area contributed by atoms with Crippen molar-refractivity contribution in [2.24, 2.45) is 0 Å². The Balaban J connectivity index is 1.54. The van der Waals surface area contributed by atoms with E-state index in [4.69, 9.17) is 4.74 Å². The van der Waals surface area contributed by atoms with Crippen LogP contribution in [0.5, 0.6) is 11.5 Å². The van der Waals surface area contributed by atoms with Crippen LogP contribution in [0, 0.1) is 0 Å². The Bertz CT molecular complexity index is 1170. The summed E-state index contributed by atoms with van der Waals surface area (Å²) in [4.78, 5) is 17.0. The lowest BCUT2D eigenvalue weighted by Gasteiger charge is -2.18. The van der Waals surface area contributed by atoms with Crippen molar-refractivity contribution in [1.29, 1.82) is 0 Å². The molecule has 0 radical (unpaired) electrons. The number of fused-ring (bicyclic) bond motifs is 1. The molecule has 1 N–H and O–H groups in total. The van der Waals surface area contributed by atoms with Gasteiger partial charge >= 0.3 is 0 Å². The zero-order valence-corrected chi connectivity index (χ0v) is 16.6. The highest BCUT2D eigenvalue weighted by Gasteiger charge is 2.15. The molecule has 29 heavy (non-hydrogen) atoms. The normalized spacial score (nSPS) is 11.4. The van der Waals surface area contributed by atoms with E-state index in [0.717, 1.165) is 10.9 Å². The van der Waals surface area contributed by atoms with Crippen molar-refractivity contribution >= 4 is 22.5 Å². The second-order valence-corrected chi connectivity index (χ2v) is 7.75. The number of nitrogens with zero attached hydrogens (tertiary/aromatic N) is 3. The molecule has 0 bridgehead atoms. The molecule has 1 amide bonds. The highest BCUT2D eigenvalue weighted by atomic mass is 16.5. The van der Waals surface area contributed by atoms with Crippen LogP contribution in [0.1, 0.15) is 31.1 Å². The smallest absolute Gasteiger partial charge is 0.255 e. The van der Waals surface area contributed by atoms with Gasteiger partial charge in [0.2, 0.25) is 0 Å². The van der Waals surface area contributed by atoms with Crippen molar-refractivity contribution in [2.45, 2.75) is 26.3 Å². The highest BCUT2D eigenvalue weighted by molar-refractivity contribution is 6.04. The van der Waals surface area contributed by atoms with Gasteiger partial charge in [-0.3, -0.25) is 14.5 Å². The number of carbonyl (C=O) groups is 1. The fourth-order valence-corrected chi connectivity index (χ4v) is 2.94. The Hall–Kier alpha value is -3.67. The predicted molar refractivity (Wildman–Crippen MR) is 113 cm³/mol. The molecule has 2 aromatic carbocycles. The fraction of sp³-hybridized carbons (Fsp3) is 0.174. The summed E-state index contributed by atoms with van der Waals surface area (Å²) in [7, 11) is 0. The van der Waals surface area contributed by atoms with Crippen LogP contribution in [0.3, 0.4) is 0 Å². The van der Waals surface area contributed by atoms with Gasteiger partial charge in [-0.1, -0.05) is 18.2 Å². The third-order valence-corrected chi connectivity index (χ3v) is 4.46. The summed E-state index contributed by atoms with van der Waals surface area (Å²) >= 11 is 0. The molecule has 0 aliphatic heterocycles. The third kappa shape index (κ3) is 4.11. The summed E-state index contributed by atoms with van der Waals surface area (Å²) < 4.78 is 7.86. The molecule has 6 heteroatoms. The summed E-state index contributed by atoms with van der Waals surface area (Å²) in [5.74, 6) is 1.06. The standard InChI is InChI=1S/C23H22N4O2/c1-23(2,3)27-15-17(14-25-27)26-22(28)16-7-6-8-18(13-16)29-21-11-12-24-20-10-5-4-9-19(20)21/h4-15H,1-3H3,(H,26,28). The molecule has 0 aliphatic rings. The Morgan fingerprint density at radius 3 is 2.69 bits per heavy atom. The maximum absolute atomic E-state index is 12.7. The number of carbonyl (C=O) groups excluding carboxylic acids is 1. The molecule has 0 aliphatic carbocycles. The third-order valence-electron chi connectivity index (χ3n) is 4.46. The average molecular weight is 386 g/mol. The molecule has 2 heterocycles. The number of rotatable bonds is 4. The molecular weight excluding hydrogens is 364 g/mol. The first-order valence-corrected chi connectivity index (χ1v) is 9.38. The lowest BCUT2D eigenvalue weighted by atomic mass is 10.1. The number of hydrogen-bond acceptors (Lipinski definition) is 4. The van der Waals surface area contributed by atoms with Crippen LogP contribution in [0.25, 0.3) is 10.9 Å². The molecule has 0 fully saturated rings. The van der Waals surface area contributed by atoms with Gasteiger partial charge in [-0.05, 0) is 57.2 Å². The minimum Gasteiger partial charge on any atom is -0.457 e. The lowest BCUT2D eigenvalue weighted by Crippen LogP contribution is -2.22. The van der Waals surface area contributed by atoms with Gasteiger partial charge in [0, 0.05) is 23.3 Å². The number of nitrogens with one attached hydrogen (secondary N) is 1. The average Bonchev–Trinajstić information content (AvgIpc) is 3.18. The molecule has 0 spiro atoms. The zero-order valence-electron chi connectivity index (χ0n) is 16.6. The number of aromatic nitrogens is 3. The first kappa shape index (κ1) is 18.7. The molecule has 4 rings (SSSR count). The van der Waals surface area contributed by atoms with Crippen LogP contribution in [0.2, 0.25) is 0 Å². The SMILES string of the molecule is CC(C)(C)n1cc(NC(=O)c2cccc(Oc3ccnc4ccccc34)c2)cn1. The van der Waals surface area contributed by atoms with E-state index in [-0.39, 0.29) is 11.4 Å². The largest absolute Gasteiger partial charge is 0.457 e. The number of benzene rings is 2. The number of amides is 1. The molecule has 6 nitrogen and oxygen atoms in total. The Morgan fingerprint density at radius 2 is 1.90 bits per heavy atom. The number of hydrogen-bond donors (Lipinski definition) is 1. The second kappa shape index (κ2) is 7.39. The summed E-state index contributed by atoms with van der Waals surface area (Å²) in [6, 6.07) is 16.7. The highest BCUT2D eigenvalue weighted by Crippen LogP contribution is 2.29. The van der Waals surface area contributed by atoms with Crippen molar-refractivity contribution in [2.75, 3.05) is 5.32 Å². The number of ether oxygens (including phenoxy) is 1. The maximum atomic E-state index is 12.7. The van der Waals surface area contributed by atoms with E-state index < -0.39 is 0 Å². The molecule has 0 saturated carbocycles. The van der Waals surface area contributed by atoms with Gasteiger partial charge in [0.05, 0.1) is 22.9 Å². The summed E-state index contributed by atoms with van der Waals surface area (Å²) in [6.07, 6.45) is 5.18. The zero-order chi connectivity index (χ0) is 20.4. The van der Waals surface area contributed by atoms with Crippen molar-refractivity contribution < 1.29 is 9.53 Å².